The molecule has 0 saturated heterocycles. The molecule has 2 N–H and O–H groups in total. The van der Waals surface area contributed by atoms with Crippen molar-refractivity contribution in [2.75, 3.05) is 19.9 Å². The van der Waals surface area contributed by atoms with Crippen molar-refractivity contribution in [1.29, 1.82) is 0 Å². The van der Waals surface area contributed by atoms with Gasteiger partial charge in [0.1, 0.15) is 0 Å². The van der Waals surface area contributed by atoms with Gasteiger partial charge in [0.25, 0.3) is 0 Å². The molecule has 0 radical (unpaired) electrons. The van der Waals surface area contributed by atoms with E-state index in [9.17, 15) is 4.79 Å². The SMILES string of the molecule is CCN(Cc1ccc2c(c1)OCO2)C(=O)C1(CN)CC1. The van der Waals surface area contributed by atoms with Crippen molar-refractivity contribution in [3.8, 4) is 11.5 Å². The first-order valence-electron chi connectivity index (χ1n) is 7.06. The summed E-state index contributed by atoms with van der Waals surface area (Å²) in [5.74, 6) is 1.70. The Morgan fingerprint density at radius 3 is 2.75 bits per heavy atom. The van der Waals surface area contributed by atoms with Crippen LogP contribution in [0.3, 0.4) is 0 Å². The molecule has 1 aromatic carbocycles. The highest BCUT2D eigenvalue weighted by Crippen LogP contribution is 2.46. The summed E-state index contributed by atoms with van der Waals surface area (Å²) in [5, 5.41) is 0. The molecule has 1 amide bonds. The largest absolute Gasteiger partial charge is 0.454 e. The van der Waals surface area contributed by atoms with E-state index in [1.807, 2.05) is 30.0 Å². The summed E-state index contributed by atoms with van der Waals surface area (Å²) in [4.78, 5) is 14.4. The van der Waals surface area contributed by atoms with Crippen LogP contribution in [0.25, 0.3) is 0 Å². The second kappa shape index (κ2) is 4.98. The molecule has 1 aliphatic heterocycles. The molecule has 1 aliphatic carbocycles. The van der Waals surface area contributed by atoms with Crippen LogP contribution in [0.4, 0.5) is 0 Å². The molecular weight excluding hydrogens is 256 g/mol. The van der Waals surface area contributed by atoms with E-state index in [1.165, 1.54) is 0 Å². The minimum atomic E-state index is -0.285. The van der Waals surface area contributed by atoms with Crippen LogP contribution in [-0.2, 0) is 11.3 Å². The van der Waals surface area contributed by atoms with Gasteiger partial charge in [-0.1, -0.05) is 6.07 Å². The van der Waals surface area contributed by atoms with Gasteiger partial charge in [-0.3, -0.25) is 4.79 Å². The Bertz CT molecular complexity index is 526. The lowest BCUT2D eigenvalue weighted by Gasteiger charge is -2.25. The van der Waals surface area contributed by atoms with E-state index < -0.39 is 0 Å². The predicted octanol–water partition coefficient (Wildman–Crippen LogP) is 1.50. The van der Waals surface area contributed by atoms with E-state index in [0.717, 1.165) is 29.9 Å². The van der Waals surface area contributed by atoms with Crippen LogP contribution in [0.1, 0.15) is 25.3 Å². The predicted molar refractivity (Wildman–Crippen MR) is 74.4 cm³/mol. The van der Waals surface area contributed by atoms with Crippen molar-refractivity contribution < 1.29 is 14.3 Å². The normalized spacial score (nSPS) is 17.9. The molecule has 108 valence electrons. The third-order valence-electron chi connectivity index (χ3n) is 4.18. The molecule has 3 rings (SSSR count). The second-order valence-corrected chi connectivity index (χ2v) is 5.49. The standard InChI is InChI=1S/C15H20N2O3/c1-2-17(14(18)15(9-16)5-6-15)8-11-3-4-12-13(7-11)20-10-19-12/h3-4,7H,2,5-6,8-10,16H2,1H3. The van der Waals surface area contributed by atoms with Crippen LogP contribution < -0.4 is 15.2 Å². The zero-order valence-corrected chi connectivity index (χ0v) is 11.7. The number of nitrogens with two attached hydrogens (primary N) is 1. The molecule has 1 aromatic rings. The number of amides is 1. The van der Waals surface area contributed by atoms with E-state index in [2.05, 4.69) is 0 Å². The molecule has 0 bridgehead atoms. The van der Waals surface area contributed by atoms with Gasteiger partial charge in [-0.15, -0.1) is 0 Å². The number of hydrogen-bond donors (Lipinski definition) is 1. The Hall–Kier alpha value is -1.75. The Morgan fingerprint density at radius 2 is 2.10 bits per heavy atom. The average Bonchev–Trinajstić information content (AvgIpc) is 3.15. The second-order valence-electron chi connectivity index (χ2n) is 5.49. The summed E-state index contributed by atoms with van der Waals surface area (Å²) in [7, 11) is 0. The number of ether oxygens (including phenoxy) is 2. The van der Waals surface area contributed by atoms with E-state index in [-0.39, 0.29) is 18.1 Å². The van der Waals surface area contributed by atoms with Gasteiger partial charge < -0.3 is 20.1 Å². The number of rotatable bonds is 5. The minimum absolute atomic E-state index is 0.181. The summed E-state index contributed by atoms with van der Waals surface area (Å²) in [6.45, 7) is 4.00. The van der Waals surface area contributed by atoms with E-state index in [0.29, 0.717) is 19.6 Å². The average molecular weight is 276 g/mol. The van der Waals surface area contributed by atoms with Gasteiger partial charge in [0.05, 0.1) is 5.41 Å². The van der Waals surface area contributed by atoms with Crippen LogP contribution in [-0.4, -0.2) is 30.7 Å². The Balaban J connectivity index is 1.73. The van der Waals surface area contributed by atoms with Crippen LogP contribution in [0.5, 0.6) is 11.5 Å². The summed E-state index contributed by atoms with van der Waals surface area (Å²) in [5.41, 5.74) is 6.51. The van der Waals surface area contributed by atoms with Gasteiger partial charge in [-0.2, -0.15) is 0 Å². The van der Waals surface area contributed by atoms with Gasteiger partial charge >= 0.3 is 0 Å². The third-order valence-corrected chi connectivity index (χ3v) is 4.18. The zero-order valence-electron chi connectivity index (χ0n) is 11.7. The molecule has 1 heterocycles. The number of benzene rings is 1. The highest BCUT2D eigenvalue weighted by atomic mass is 16.7. The van der Waals surface area contributed by atoms with Crippen molar-refractivity contribution >= 4 is 5.91 Å². The maximum Gasteiger partial charge on any atom is 0.231 e. The first-order valence-corrected chi connectivity index (χ1v) is 7.06. The van der Waals surface area contributed by atoms with Crippen molar-refractivity contribution in [3.05, 3.63) is 23.8 Å². The molecule has 0 spiro atoms. The van der Waals surface area contributed by atoms with E-state index in [4.69, 9.17) is 15.2 Å². The van der Waals surface area contributed by atoms with Crippen molar-refractivity contribution in [3.63, 3.8) is 0 Å². The van der Waals surface area contributed by atoms with E-state index >= 15 is 0 Å². The minimum Gasteiger partial charge on any atom is -0.454 e. The maximum atomic E-state index is 12.5. The number of hydrogen-bond acceptors (Lipinski definition) is 4. The first-order chi connectivity index (χ1) is 9.68. The number of fused-ring (bicyclic) bond motifs is 1. The molecule has 0 aromatic heterocycles. The fourth-order valence-corrected chi connectivity index (χ4v) is 2.58. The van der Waals surface area contributed by atoms with Crippen LogP contribution in [0.15, 0.2) is 18.2 Å². The highest BCUT2D eigenvalue weighted by molar-refractivity contribution is 5.85. The summed E-state index contributed by atoms with van der Waals surface area (Å²) in [6, 6.07) is 5.82. The molecule has 5 heteroatoms. The lowest BCUT2D eigenvalue weighted by atomic mass is 10.1. The highest BCUT2D eigenvalue weighted by Gasteiger charge is 2.50. The van der Waals surface area contributed by atoms with E-state index in [1.54, 1.807) is 0 Å². The number of carbonyl (C=O) groups excluding carboxylic acids is 1. The molecule has 20 heavy (non-hydrogen) atoms. The Labute approximate surface area is 118 Å². The van der Waals surface area contributed by atoms with Gasteiger partial charge in [0.2, 0.25) is 12.7 Å². The van der Waals surface area contributed by atoms with Crippen LogP contribution >= 0.6 is 0 Å². The topological polar surface area (TPSA) is 64.8 Å². The molecule has 1 fully saturated rings. The fourth-order valence-electron chi connectivity index (χ4n) is 2.58. The van der Waals surface area contributed by atoms with Crippen molar-refractivity contribution in [2.24, 2.45) is 11.1 Å². The van der Waals surface area contributed by atoms with Crippen LogP contribution in [0, 0.1) is 5.41 Å². The quantitative estimate of drug-likeness (QED) is 0.885. The molecule has 0 unspecified atom stereocenters. The first kappa shape index (κ1) is 13.2. The molecule has 5 nitrogen and oxygen atoms in total. The summed E-state index contributed by atoms with van der Waals surface area (Å²) in [6.07, 6.45) is 1.83. The van der Waals surface area contributed by atoms with Crippen LogP contribution in [0.2, 0.25) is 0 Å². The molecular formula is C15H20N2O3. The van der Waals surface area contributed by atoms with Crippen molar-refractivity contribution in [1.82, 2.24) is 4.90 Å². The van der Waals surface area contributed by atoms with Gasteiger partial charge in [0.15, 0.2) is 11.5 Å². The molecule has 0 atom stereocenters. The maximum absolute atomic E-state index is 12.5. The Kier molecular flexibility index (Phi) is 3.30. The Morgan fingerprint density at radius 1 is 1.35 bits per heavy atom. The van der Waals surface area contributed by atoms with Gasteiger partial charge in [0, 0.05) is 19.6 Å². The lowest BCUT2D eigenvalue weighted by Crippen LogP contribution is -2.40. The smallest absolute Gasteiger partial charge is 0.231 e. The molecule has 1 saturated carbocycles. The third kappa shape index (κ3) is 2.22. The summed E-state index contributed by atoms with van der Waals surface area (Å²) >= 11 is 0. The number of carbonyl (C=O) groups is 1. The van der Waals surface area contributed by atoms with Gasteiger partial charge in [-0.05, 0) is 37.5 Å². The monoisotopic (exact) mass is 276 g/mol. The van der Waals surface area contributed by atoms with Crippen molar-refractivity contribution in [2.45, 2.75) is 26.3 Å². The molecule has 2 aliphatic rings. The fraction of sp³-hybridized carbons (Fsp3) is 0.533. The number of nitrogens with zero attached hydrogens (tertiary/aromatic N) is 1. The zero-order chi connectivity index (χ0) is 14.2. The lowest BCUT2D eigenvalue weighted by molar-refractivity contribution is -0.137. The summed E-state index contributed by atoms with van der Waals surface area (Å²) < 4.78 is 10.7. The van der Waals surface area contributed by atoms with Gasteiger partial charge in [-0.25, -0.2) is 0 Å².